The van der Waals surface area contributed by atoms with E-state index < -0.39 is 12.1 Å². The molecule has 4 aromatic carbocycles. The van der Waals surface area contributed by atoms with Crippen LogP contribution in [0.4, 0.5) is 10.5 Å². The predicted molar refractivity (Wildman–Crippen MR) is 216 cm³/mol. The summed E-state index contributed by atoms with van der Waals surface area (Å²) in [5, 5.41) is 12.2. The number of carbonyl (C=O) groups excluding carboxylic acids is 2. The van der Waals surface area contributed by atoms with Gasteiger partial charge in [0.2, 0.25) is 0 Å². The van der Waals surface area contributed by atoms with Gasteiger partial charge in [-0.3, -0.25) is 9.80 Å². The third-order valence-corrected chi connectivity index (χ3v) is 11.1. The summed E-state index contributed by atoms with van der Waals surface area (Å²) in [4.78, 5) is 31.3. The van der Waals surface area contributed by atoms with Gasteiger partial charge in [-0.25, -0.2) is 9.59 Å². The predicted octanol–water partition coefficient (Wildman–Crippen LogP) is 8.60. The molecular weight excluding hydrogens is 769 g/mol. The van der Waals surface area contributed by atoms with E-state index in [9.17, 15) is 14.8 Å². The summed E-state index contributed by atoms with van der Waals surface area (Å²) in [6, 6.07) is 29.3. The van der Waals surface area contributed by atoms with E-state index >= 15 is 0 Å². The van der Waals surface area contributed by atoms with Crippen molar-refractivity contribution in [2.75, 3.05) is 38.8 Å². The van der Waals surface area contributed by atoms with Crippen LogP contribution in [0, 0.1) is 11.1 Å². The second-order valence-corrected chi connectivity index (χ2v) is 14.9. The molecule has 0 radical (unpaired) electrons. The van der Waals surface area contributed by atoms with Gasteiger partial charge in [0.1, 0.15) is 34.6 Å². The van der Waals surface area contributed by atoms with Crippen LogP contribution in [0.25, 0.3) is 0 Å². The highest BCUT2D eigenvalue weighted by Crippen LogP contribution is 2.36. The van der Waals surface area contributed by atoms with Crippen molar-refractivity contribution in [1.82, 2.24) is 4.90 Å². The van der Waals surface area contributed by atoms with E-state index in [-0.39, 0.29) is 35.3 Å². The Hall–Kier alpha value is -5.49. The third-order valence-electron chi connectivity index (χ3n) is 10.4. The molecule has 1 amide bonds. The fraction of sp³-hybridized carbons (Fsp3) is 0.295. The molecule has 11 nitrogen and oxygen atoms in total. The maximum atomic E-state index is 13.7. The van der Waals surface area contributed by atoms with E-state index in [1.807, 2.05) is 54.6 Å². The SMILES string of the molecule is COc1ccc([C@H](Cc2c(Cl)c[n+]([O-])cc2Cl)OC(=O)c2ccc(COc3cccc(CN(C(=O)O[C@H]4CN5CCC4CC5)c4ccccc4)c3)cc2)cc1OC. The van der Waals surface area contributed by atoms with Crippen LogP contribution in [0.15, 0.2) is 109 Å². The molecule has 0 spiro atoms. The summed E-state index contributed by atoms with van der Waals surface area (Å²) in [5.74, 6) is 1.42. The van der Waals surface area contributed by atoms with Gasteiger partial charge in [0, 0.05) is 24.2 Å². The molecule has 3 aliphatic heterocycles. The van der Waals surface area contributed by atoms with Crippen molar-refractivity contribution in [3.05, 3.63) is 153 Å². The second-order valence-electron chi connectivity index (χ2n) is 14.1. The lowest BCUT2D eigenvalue weighted by molar-refractivity contribution is -0.605. The molecule has 2 atom stereocenters. The van der Waals surface area contributed by atoms with Gasteiger partial charge in [0.05, 0.1) is 26.3 Å². The molecular formula is C44H43Cl2N3O8. The first-order valence-electron chi connectivity index (χ1n) is 18.7. The molecule has 0 unspecified atom stereocenters. The molecule has 3 fully saturated rings. The van der Waals surface area contributed by atoms with Crippen LogP contribution in [0.2, 0.25) is 10.0 Å². The van der Waals surface area contributed by atoms with Crippen molar-refractivity contribution >= 4 is 41.0 Å². The highest BCUT2D eigenvalue weighted by Gasteiger charge is 2.37. The van der Waals surface area contributed by atoms with Gasteiger partial charge in [-0.1, -0.05) is 71.7 Å². The second kappa shape index (κ2) is 18.2. The number of hydrogen-bond acceptors (Lipinski definition) is 9. The maximum absolute atomic E-state index is 13.7. The lowest BCUT2D eigenvalue weighted by atomic mass is 9.86. The first-order chi connectivity index (χ1) is 27.7. The zero-order chi connectivity index (χ0) is 39.9. The highest BCUT2D eigenvalue weighted by molar-refractivity contribution is 6.35. The molecule has 296 valence electrons. The molecule has 3 aliphatic rings. The van der Waals surface area contributed by atoms with E-state index in [1.54, 1.807) is 47.4 Å². The number of ether oxygens (including phenoxy) is 5. The fourth-order valence-corrected chi connectivity index (χ4v) is 7.91. The highest BCUT2D eigenvalue weighted by atomic mass is 35.5. The van der Waals surface area contributed by atoms with Gasteiger partial charge < -0.3 is 28.9 Å². The normalized spacial score (nSPS) is 17.6. The molecule has 4 heterocycles. The molecule has 13 heteroatoms. The van der Waals surface area contributed by atoms with Gasteiger partial charge in [-0.15, -0.1) is 0 Å². The Bertz CT molecular complexity index is 2160. The van der Waals surface area contributed by atoms with E-state index in [1.165, 1.54) is 26.6 Å². The Morgan fingerprint density at radius 2 is 1.58 bits per heavy atom. The first kappa shape index (κ1) is 39.7. The van der Waals surface area contributed by atoms with Crippen molar-refractivity contribution in [3.8, 4) is 17.2 Å². The van der Waals surface area contributed by atoms with Crippen molar-refractivity contribution in [2.24, 2.45) is 5.92 Å². The summed E-state index contributed by atoms with van der Waals surface area (Å²) in [6.07, 6.45) is 3.30. The van der Waals surface area contributed by atoms with Crippen LogP contribution in [-0.2, 0) is 29.0 Å². The molecule has 5 aromatic rings. The van der Waals surface area contributed by atoms with Gasteiger partial charge in [0.15, 0.2) is 23.9 Å². The molecule has 0 N–H and O–H groups in total. The van der Waals surface area contributed by atoms with Crippen LogP contribution >= 0.6 is 23.2 Å². The summed E-state index contributed by atoms with van der Waals surface area (Å²) >= 11 is 12.8. The molecule has 3 saturated heterocycles. The van der Waals surface area contributed by atoms with Crippen LogP contribution in [0.1, 0.15) is 51.6 Å². The van der Waals surface area contributed by atoms with E-state index in [0.717, 1.165) is 49.3 Å². The number of nitrogens with zero attached hydrogens (tertiary/aromatic N) is 3. The molecule has 8 rings (SSSR count). The first-order valence-corrected chi connectivity index (χ1v) is 19.5. The number of hydrogen-bond donors (Lipinski definition) is 0. The Balaban J connectivity index is 1.01. The Kier molecular flexibility index (Phi) is 12.7. The number of methoxy groups -OCH3 is 2. The van der Waals surface area contributed by atoms with Crippen molar-refractivity contribution in [1.29, 1.82) is 0 Å². The van der Waals surface area contributed by atoms with Crippen LogP contribution < -0.4 is 23.8 Å². The number of amides is 1. The lowest BCUT2D eigenvalue weighted by Gasteiger charge is -2.44. The van der Waals surface area contributed by atoms with Crippen LogP contribution in [0.5, 0.6) is 17.2 Å². The van der Waals surface area contributed by atoms with Crippen LogP contribution in [0.3, 0.4) is 0 Å². The fourth-order valence-electron chi connectivity index (χ4n) is 7.32. The van der Waals surface area contributed by atoms with Crippen molar-refractivity contribution < 1.29 is 38.0 Å². The smallest absolute Gasteiger partial charge is 0.414 e. The quantitative estimate of drug-likeness (QED) is 0.0618. The molecule has 1 aromatic heterocycles. The molecule has 0 saturated carbocycles. The number of carbonyl (C=O) groups is 2. The number of pyridine rings is 1. The van der Waals surface area contributed by atoms with Crippen molar-refractivity contribution in [3.63, 3.8) is 0 Å². The average Bonchev–Trinajstić information content (AvgIpc) is 3.23. The van der Waals surface area contributed by atoms with E-state index in [0.29, 0.717) is 51.1 Å². The maximum Gasteiger partial charge on any atom is 0.414 e. The standard InChI is InChI=1S/C44H43Cl2N3O8/c1-53-39-16-15-33(22-41(39)54-2)40(23-36-37(45)25-48(52)26-38(36)46)56-43(50)32-13-11-29(12-14-32)28-55-35-10-6-7-30(21-35)24-49(34-8-4-3-5-9-34)44(51)57-42-27-47-19-17-31(42)18-20-47/h3-16,21-22,25-26,31,40,42H,17-20,23-24,27-28H2,1-2H3/t40-,42-/m0/s1. The number of aromatic nitrogens is 1. The third kappa shape index (κ3) is 9.73. The lowest BCUT2D eigenvalue weighted by Crippen LogP contribution is -2.53. The van der Waals surface area contributed by atoms with Gasteiger partial charge in [-0.2, -0.15) is 4.73 Å². The minimum absolute atomic E-state index is 0.0920. The Labute approximate surface area is 341 Å². The van der Waals surface area contributed by atoms with Crippen molar-refractivity contribution in [2.45, 2.75) is 44.6 Å². The summed E-state index contributed by atoms with van der Waals surface area (Å²) in [5.41, 5.74) is 3.85. The molecule has 0 aliphatic carbocycles. The zero-order valence-corrected chi connectivity index (χ0v) is 33.2. The Morgan fingerprint density at radius 3 is 2.25 bits per heavy atom. The summed E-state index contributed by atoms with van der Waals surface area (Å²) < 4.78 is 29.7. The molecule has 2 bridgehead atoms. The van der Waals surface area contributed by atoms with E-state index in [2.05, 4.69) is 4.90 Å². The van der Waals surface area contributed by atoms with Gasteiger partial charge in [0.25, 0.3) is 0 Å². The van der Waals surface area contributed by atoms with E-state index in [4.69, 9.17) is 46.9 Å². The summed E-state index contributed by atoms with van der Waals surface area (Å²) in [7, 11) is 3.04. The van der Waals surface area contributed by atoms with Gasteiger partial charge in [-0.05, 0) is 97.1 Å². The van der Waals surface area contributed by atoms with Gasteiger partial charge >= 0.3 is 12.1 Å². The number of benzene rings is 4. The molecule has 57 heavy (non-hydrogen) atoms. The number of anilines is 1. The average molecular weight is 813 g/mol. The number of para-hydroxylation sites is 1. The number of piperidine rings is 3. The summed E-state index contributed by atoms with van der Waals surface area (Å²) in [6.45, 7) is 3.47. The number of esters is 1. The van der Waals surface area contributed by atoms with Crippen LogP contribution in [-0.4, -0.2) is 56.9 Å². The largest absolute Gasteiger partial charge is 0.619 e. The Morgan fingerprint density at radius 1 is 0.860 bits per heavy atom. The number of halogens is 2. The zero-order valence-electron chi connectivity index (χ0n) is 31.6. The monoisotopic (exact) mass is 811 g/mol. The number of fused-ring (bicyclic) bond motifs is 3. The minimum Gasteiger partial charge on any atom is -0.619 e. The number of rotatable bonds is 14. The minimum atomic E-state index is -0.842. The topological polar surface area (TPSA) is 114 Å².